The van der Waals surface area contributed by atoms with Crippen molar-refractivity contribution in [3.05, 3.63) is 81.4 Å². The molecule has 2 fully saturated rings. The van der Waals surface area contributed by atoms with Crippen molar-refractivity contribution in [2.45, 2.75) is 62.6 Å². The molecule has 0 radical (unpaired) electrons. The van der Waals surface area contributed by atoms with Gasteiger partial charge in [-0.3, -0.25) is 14.2 Å². The minimum Gasteiger partial charge on any atom is -0.435 e. The lowest BCUT2D eigenvalue weighted by atomic mass is 9.73. The van der Waals surface area contributed by atoms with Crippen molar-refractivity contribution in [2.24, 2.45) is 11.7 Å². The van der Waals surface area contributed by atoms with Gasteiger partial charge in [0, 0.05) is 44.3 Å². The molecule has 1 aliphatic heterocycles. The zero-order valence-electron chi connectivity index (χ0n) is 23.0. The Hall–Kier alpha value is -3.54. The highest BCUT2D eigenvalue weighted by Crippen LogP contribution is 2.46. The summed E-state index contributed by atoms with van der Waals surface area (Å²) in [6.07, 6.45) is 1.05. The molecule has 5 rings (SSSR count). The Labute approximate surface area is 247 Å². The van der Waals surface area contributed by atoms with Gasteiger partial charge in [0.05, 0.1) is 17.2 Å². The Morgan fingerprint density at radius 3 is 2.52 bits per heavy atom. The summed E-state index contributed by atoms with van der Waals surface area (Å²) in [6, 6.07) is 14.0. The number of nitrogens with zero attached hydrogens (tertiary/aromatic N) is 3. The van der Waals surface area contributed by atoms with Gasteiger partial charge in [-0.15, -0.1) is 0 Å². The lowest BCUT2D eigenvalue weighted by molar-refractivity contribution is -0.145. The molecule has 3 aromatic rings. The van der Waals surface area contributed by atoms with E-state index >= 15 is 0 Å². The van der Waals surface area contributed by atoms with Gasteiger partial charge < -0.3 is 26.2 Å². The second kappa shape index (κ2) is 12.0. The molecule has 42 heavy (non-hydrogen) atoms. The van der Waals surface area contributed by atoms with E-state index in [1.165, 1.54) is 10.9 Å². The van der Waals surface area contributed by atoms with Gasteiger partial charge in [-0.2, -0.15) is 0 Å². The van der Waals surface area contributed by atoms with E-state index in [9.17, 15) is 23.5 Å². The van der Waals surface area contributed by atoms with Crippen LogP contribution in [-0.2, 0) is 17.9 Å². The average molecular weight is 602 g/mol. The highest BCUT2D eigenvalue weighted by Gasteiger charge is 2.46. The molecule has 12 heteroatoms. The minimum atomic E-state index is -2.81. The molecule has 2 heterocycles. The highest BCUT2D eigenvalue weighted by molar-refractivity contribution is 6.32. The molecule has 0 unspecified atom stereocenters. The van der Waals surface area contributed by atoms with Gasteiger partial charge >= 0.3 is 0 Å². The standard InChI is InChI=1S/C30H34ClF2N5O4/c31-23-14-19(16-34)6-7-24(23)42-26-25(35)28(40)38(18-36-26)17-29(41)10-12-37(13-11-29)27(39)21-8-9-30(32,33)15-22(21)20-4-2-1-3-5-20/h1-7,14,18,21-22,41H,8-13,15-17,34-35H2/t21-,22+/m1/s1. The van der Waals surface area contributed by atoms with Crippen molar-refractivity contribution in [3.8, 4) is 11.6 Å². The van der Waals surface area contributed by atoms with Gasteiger partial charge in [0.15, 0.2) is 5.69 Å². The number of nitrogen functional groups attached to an aromatic ring is 1. The maximum absolute atomic E-state index is 14.4. The van der Waals surface area contributed by atoms with Crippen molar-refractivity contribution in [1.29, 1.82) is 0 Å². The number of aliphatic hydroxyl groups is 1. The van der Waals surface area contributed by atoms with E-state index in [0.29, 0.717) is 6.54 Å². The van der Waals surface area contributed by atoms with E-state index < -0.39 is 28.9 Å². The highest BCUT2D eigenvalue weighted by atomic mass is 35.5. The molecule has 1 amide bonds. The number of nitrogens with two attached hydrogens (primary N) is 2. The van der Waals surface area contributed by atoms with Crippen LogP contribution in [0.15, 0.2) is 59.7 Å². The van der Waals surface area contributed by atoms with Crippen LogP contribution in [0.2, 0.25) is 5.02 Å². The summed E-state index contributed by atoms with van der Waals surface area (Å²) in [5.41, 5.74) is 11.1. The molecule has 2 aromatic carbocycles. The van der Waals surface area contributed by atoms with E-state index in [0.717, 1.165) is 11.1 Å². The summed E-state index contributed by atoms with van der Waals surface area (Å²) >= 11 is 6.24. The number of aromatic nitrogens is 2. The number of ether oxygens (including phenoxy) is 1. The van der Waals surface area contributed by atoms with Crippen LogP contribution in [0.1, 0.15) is 49.1 Å². The van der Waals surface area contributed by atoms with Gasteiger partial charge in [-0.25, -0.2) is 13.8 Å². The molecule has 0 spiro atoms. The number of alkyl halides is 2. The lowest BCUT2D eigenvalue weighted by Crippen LogP contribution is -2.52. The van der Waals surface area contributed by atoms with Gasteiger partial charge in [0.1, 0.15) is 12.1 Å². The molecule has 0 bridgehead atoms. The number of amides is 1. The Morgan fingerprint density at radius 1 is 1.14 bits per heavy atom. The van der Waals surface area contributed by atoms with Crippen molar-refractivity contribution < 1.29 is 23.4 Å². The number of carbonyl (C=O) groups is 1. The molecule has 1 aliphatic carbocycles. The number of anilines is 1. The van der Waals surface area contributed by atoms with Crippen molar-refractivity contribution in [3.63, 3.8) is 0 Å². The largest absolute Gasteiger partial charge is 0.435 e. The van der Waals surface area contributed by atoms with Crippen LogP contribution in [-0.4, -0.2) is 50.1 Å². The number of hydrogen-bond acceptors (Lipinski definition) is 7. The zero-order chi connectivity index (χ0) is 30.1. The smallest absolute Gasteiger partial charge is 0.280 e. The first-order valence-corrected chi connectivity index (χ1v) is 14.3. The predicted molar refractivity (Wildman–Crippen MR) is 155 cm³/mol. The van der Waals surface area contributed by atoms with Crippen molar-refractivity contribution in [2.75, 3.05) is 18.8 Å². The molecule has 9 nitrogen and oxygen atoms in total. The third-order valence-corrected chi connectivity index (χ3v) is 8.61. The van der Waals surface area contributed by atoms with Crippen LogP contribution < -0.4 is 21.8 Å². The molecule has 224 valence electrons. The van der Waals surface area contributed by atoms with Crippen LogP contribution in [0.3, 0.4) is 0 Å². The SMILES string of the molecule is NCc1ccc(Oc2ncn(CC3(O)CCN(C(=O)[C@@H]4CCC(F)(F)C[C@H]4c4ccccc4)CC3)c(=O)c2N)c(Cl)c1. The third kappa shape index (κ3) is 6.43. The molecule has 2 aliphatic rings. The summed E-state index contributed by atoms with van der Waals surface area (Å²) in [6.45, 7) is 0.693. The fourth-order valence-electron chi connectivity index (χ4n) is 5.88. The molecule has 1 saturated carbocycles. The normalized spacial score (nSPS) is 21.6. The number of likely N-dealkylation sites (tertiary alicyclic amines) is 1. The fraction of sp³-hybridized carbons (Fsp3) is 0.433. The van der Waals surface area contributed by atoms with Crippen molar-refractivity contribution >= 4 is 23.2 Å². The fourth-order valence-corrected chi connectivity index (χ4v) is 6.12. The topological polar surface area (TPSA) is 137 Å². The van der Waals surface area contributed by atoms with E-state index in [2.05, 4.69) is 4.98 Å². The quantitative estimate of drug-likeness (QED) is 0.367. The van der Waals surface area contributed by atoms with Gasteiger partial charge in [0.25, 0.3) is 5.56 Å². The molecule has 1 aromatic heterocycles. The summed E-state index contributed by atoms with van der Waals surface area (Å²) in [5.74, 6) is -3.98. The lowest BCUT2D eigenvalue weighted by Gasteiger charge is -2.42. The molecule has 2 atom stereocenters. The van der Waals surface area contributed by atoms with Gasteiger partial charge in [0.2, 0.25) is 17.7 Å². The van der Waals surface area contributed by atoms with Gasteiger partial charge in [-0.05, 0) is 42.5 Å². The number of rotatable bonds is 7. The minimum absolute atomic E-state index is 0.0837. The first-order valence-electron chi connectivity index (χ1n) is 13.9. The van der Waals surface area contributed by atoms with Crippen molar-refractivity contribution in [1.82, 2.24) is 14.5 Å². The number of carbonyl (C=O) groups excluding carboxylic acids is 1. The number of halogens is 3. The van der Waals surface area contributed by atoms with Crippen LogP contribution in [0.25, 0.3) is 0 Å². The summed E-state index contributed by atoms with van der Waals surface area (Å²) in [5, 5.41) is 11.6. The number of hydrogen-bond donors (Lipinski definition) is 3. The Balaban J connectivity index is 1.24. The van der Waals surface area contributed by atoms with Gasteiger partial charge in [-0.1, -0.05) is 48.0 Å². The summed E-state index contributed by atoms with van der Waals surface area (Å²) in [7, 11) is 0. The van der Waals surface area contributed by atoms with Crippen LogP contribution in [0.4, 0.5) is 14.5 Å². The molecular formula is C30H34ClF2N5O4. The van der Waals surface area contributed by atoms with Crippen LogP contribution in [0, 0.1) is 5.92 Å². The van der Waals surface area contributed by atoms with Crippen LogP contribution in [0.5, 0.6) is 11.6 Å². The Bertz CT molecular complexity index is 1490. The Morgan fingerprint density at radius 2 is 1.86 bits per heavy atom. The van der Waals surface area contributed by atoms with E-state index in [1.54, 1.807) is 47.4 Å². The summed E-state index contributed by atoms with van der Waals surface area (Å²) < 4.78 is 35.6. The summed E-state index contributed by atoms with van der Waals surface area (Å²) in [4.78, 5) is 32.4. The van der Waals surface area contributed by atoms with E-state index in [1.807, 2.05) is 6.07 Å². The Kier molecular flexibility index (Phi) is 8.54. The zero-order valence-corrected chi connectivity index (χ0v) is 23.8. The third-order valence-electron chi connectivity index (χ3n) is 8.32. The van der Waals surface area contributed by atoms with Crippen LogP contribution >= 0.6 is 11.6 Å². The second-order valence-corrected chi connectivity index (χ2v) is 11.6. The monoisotopic (exact) mass is 601 g/mol. The molecule has 1 saturated heterocycles. The molecule has 5 N–H and O–H groups in total. The first-order chi connectivity index (χ1) is 20.0. The second-order valence-electron chi connectivity index (χ2n) is 11.2. The van der Waals surface area contributed by atoms with E-state index in [-0.39, 0.29) is 80.0 Å². The number of benzene rings is 2. The van der Waals surface area contributed by atoms with E-state index in [4.69, 9.17) is 27.8 Å². The molecular weight excluding hydrogens is 568 g/mol. The average Bonchev–Trinajstić information content (AvgIpc) is 2.98. The maximum Gasteiger partial charge on any atom is 0.280 e. The first kappa shape index (κ1) is 29.9. The maximum atomic E-state index is 14.4. The predicted octanol–water partition coefficient (Wildman–Crippen LogP) is 4.30. The number of piperidine rings is 1.